The molecule has 2 aromatic heterocycles. The van der Waals surface area contributed by atoms with E-state index in [0.29, 0.717) is 32.6 Å². The normalized spacial score (nSPS) is 10.8. The lowest BCUT2D eigenvalue weighted by atomic mass is 10.0. The van der Waals surface area contributed by atoms with Gasteiger partial charge in [-0.05, 0) is 29.8 Å². The minimum Gasteiger partial charge on any atom is -0.367 e. The zero-order valence-electron chi connectivity index (χ0n) is 10.5. The molecule has 0 saturated heterocycles. The van der Waals surface area contributed by atoms with Gasteiger partial charge in [-0.2, -0.15) is 0 Å². The Morgan fingerprint density at radius 2 is 1.90 bits per heavy atom. The largest absolute Gasteiger partial charge is 0.367 e. The molecule has 3 rings (SSSR count). The number of hydrogen-bond acceptors (Lipinski definition) is 4. The summed E-state index contributed by atoms with van der Waals surface area (Å²) in [5.41, 5.74) is 7.89. The molecule has 2 heterocycles. The van der Waals surface area contributed by atoms with Gasteiger partial charge >= 0.3 is 0 Å². The van der Waals surface area contributed by atoms with Crippen molar-refractivity contribution in [2.45, 2.75) is 0 Å². The third kappa shape index (κ3) is 2.57. The van der Waals surface area contributed by atoms with Gasteiger partial charge < -0.3 is 10.3 Å². The van der Waals surface area contributed by atoms with Gasteiger partial charge in [0.1, 0.15) is 11.5 Å². The van der Waals surface area contributed by atoms with Crippen LogP contribution >= 0.6 is 23.2 Å². The van der Waals surface area contributed by atoms with Crippen molar-refractivity contribution in [3.63, 3.8) is 0 Å². The van der Waals surface area contributed by atoms with Crippen molar-refractivity contribution >= 4 is 29.1 Å². The molecule has 7 heteroatoms. The highest BCUT2D eigenvalue weighted by Crippen LogP contribution is 2.37. The zero-order valence-corrected chi connectivity index (χ0v) is 12.0. The molecule has 0 atom stereocenters. The lowest BCUT2D eigenvalue weighted by molar-refractivity contribution is 0.439. The van der Waals surface area contributed by atoms with E-state index < -0.39 is 5.82 Å². The Bertz CT molecular complexity index is 802. The maximum Gasteiger partial charge on any atom is 0.230 e. The zero-order chi connectivity index (χ0) is 15.0. The Morgan fingerprint density at radius 3 is 2.57 bits per heavy atom. The number of benzene rings is 1. The molecule has 2 N–H and O–H groups in total. The van der Waals surface area contributed by atoms with Crippen LogP contribution in [0.4, 0.5) is 10.3 Å². The molecule has 106 valence electrons. The van der Waals surface area contributed by atoms with Gasteiger partial charge in [0, 0.05) is 0 Å². The molecule has 4 nitrogen and oxygen atoms in total. The van der Waals surface area contributed by atoms with E-state index in [1.54, 1.807) is 18.2 Å². The van der Waals surface area contributed by atoms with Gasteiger partial charge in [0.15, 0.2) is 0 Å². The minimum absolute atomic E-state index is 0.120. The van der Waals surface area contributed by atoms with Crippen molar-refractivity contribution in [2.24, 2.45) is 0 Å². The molecule has 0 spiro atoms. The van der Waals surface area contributed by atoms with Gasteiger partial charge in [0.05, 0.1) is 27.5 Å². The standard InChI is InChI=1S/C14H8Cl2FN3O/c15-9-3-1-7(5-10(9)16)12-13(20-21-14(12)18)11-4-2-8(17)6-19-11/h1-6H,18H2. The number of nitrogens with zero attached hydrogens (tertiary/aromatic N) is 2. The fraction of sp³-hybridized carbons (Fsp3) is 0. The van der Waals surface area contributed by atoms with Crippen LogP contribution in [0.3, 0.4) is 0 Å². The van der Waals surface area contributed by atoms with Crippen molar-refractivity contribution in [3.05, 3.63) is 52.4 Å². The van der Waals surface area contributed by atoms with E-state index in [2.05, 4.69) is 10.1 Å². The summed E-state index contributed by atoms with van der Waals surface area (Å²) in [5.74, 6) is -0.319. The first-order valence-electron chi connectivity index (χ1n) is 5.89. The van der Waals surface area contributed by atoms with E-state index >= 15 is 0 Å². The number of nitrogen functional groups attached to an aromatic ring is 1. The predicted molar refractivity (Wildman–Crippen MR) is 79.6 cm³/mol. The molecule has 0 aliphatic heterocycles. The second kappa shape index (κ2) is 5.35. The van der Waals surface area contributed by atoms with Gasteiger partial charge in [-0.15, -0.1) is 0 Å². The van der Waals surface area contributed by atoms with Crippen LogP contribution in [-0.4, -0.2) is 10.1 Å². The fourth-order valence-electron chi connectivity index (χ4n) is 1.92. The van der Waals surface area contributed by atoms with Crippen molar-refractivity contribution in [2.75, 3.05) is 5.73 Å². The number of hydrogen-bond donors (Lipinski definition) is 1. The molecule has 0 bridgehead atoms. The van der Waals surface area contributed by atoms with Crippen LogP contribution < -0.4 is 5.73 Å². The van der Waals surface area contributed by atoms with Gasteiger partial charge in [-0.25, -0.2) is 4.39 Å². The molecule has 3 aromatic rings. The van der Waals surface area contributed by atoms with Gasteiger partial charge in [-0.1, -0.05) is 34.4 Å². The predicted octanol–water partition coefficient (Wildman–Crippen LogP) is 4.43. The molecule has 0 aliphatic carbocycles. The third-order valence-electron chi connectivity index (χ3n) is 2.90. The van der Waals surface area contributed by atoms with E-state index in [4.69, 9.17) is 33.5 Å². The number of anilines is 1. The Hall–Kier alpha value is -2.11. The summed E-state index contributed by atoms with van der Waals surface area (Å²) < 4.78 is 18.0. The Labute approximate surface area is 129 Å². The Balaban J connectivity index is 2.16. The number of nitrogens with two attached hydrogens (primary N) is 1. The van der Waals surface area contributed by atoms with Crippen LogP contribution in [0.2, 0.25) is 10.0 Å². The highest BCUT2D eigenvalue weighted by Gasteiger charge is 2.19. The number of rotatable bonds is 2. The summed E-state index contributed by atoms with van der Waals surface area (Å²) in [4.78, 5) is 3.98. The number of aromatic nitrogens is 2. The first-order valence-corrected chi connectivity index (χ1v) is 6.64. The van der Waals surface area contributed by atoms with Crippen LogP contribution in [0.1, 0.15) is 0 Å². The molecule has 0 radical (unpaired) electrons. The highest BCUT2D eigenvalue weighted by atomic mass is 35.5. The molecule has 1 aromatic carbocycles. The topological polar surface area (TPSA) is 64.9 Å². The van der Waals surface area contributed by atoms with Gasteiger partial charge in [-0.3, -0.25) is 4.98 Å². The molecular formula is C14H8Cl2FN3O. The summed E-state index contributed by atoms with van der Waals surface area (Å²) >= 11 is 11.9. The van der Waals surface area contributed by atoms with Crippen LogP contribution in [0.5, 0.6) is 0 Å². The van der Waals surface area contributed by atoms with Crippen LogP contribution in [0.15, 0.2) is 41.1 Å². The molecule has 0 unspecified atom stereocenters. The number of halogens is 3. The van der Waals surface area contributed by atoms with Crippen LogP contribution in [-0.2, 0) is 0 Å². The second-order valence-corrected chi connectivity index (χ2v) is 5.08. The van der Waals surface area contributed by atoms with Crippen LogP contribution in [0.25, 0.3) is 22.5 Å². The smallest absolute Gasteiger partial charge is 0.230 e. The van der Waals surface area contributed by atoms with E-state index in [0.717, 1.165) is 6.20 Å². The molecule has 21 heavy (non-hydrogen) atoms. The van der Waals surface area contributed by atoms with Gasteiger partial charge in [0.2, 0.25) is 5.88 Å². The van der Waals surface area contributed by atoms with Crippen molar-refractivity contribution in [3.8, 4) is 22.5 Å². The van der Waals surface area contributed by atoms with Crippen molar-refractivity contribution in [1.82, 2.24) is 10.1 Å². The Morgan fingerprint density at radius 1 is 1.10 bits per heavy atom. The summed E-state index contributed by atoms with van der Waals surface area (Å²) in [7, 11) is 0. The van der Waals surface area contributed by atoms with Crippen LogP contribution in [0, 0.1) is 5.82 Å². The van der Waals surface area contributed by atoms with E-state index in [1.165, 1.54) is 12.1 Å². The highest BCUT2D eigenvalue weighted by molar-refractivity contribution is 6.42. The summed E-state index contributed by atoms with van der Waals surface area (Å²) in [6.07, 6.45) is 1.10. The van der Waals surface area contributed by atoms with E-state index in [1.807, 2.05) is 0 Å². The summed E-state index contributed by atoms with van der Waals surface area (Å²) in [5, 5.41) is 4.69. The summed E-state index contributed by atoms with van der Waals surface area (Å²) in [6, 6.07) is 7.82. The van der Waals surface area contributed by atoms with E-state index in [-0.39, 0.29) is 5.88 Å². The third-order valence-corrected chi connectivity index (χ3v) is 3.64. The molecule has 0 fully saturated rings. The van der Waals surface area contributed by atoms with Crippen molar-refractivity contribution < 1.29 is 8.91 Å². The van der Waals surface area contributed by atoms with E-state index in [9.17, 15) is 4.39 Å². The fourth-order valence-corrected chi connectivity index (χ4v) is 2.22. The molecule has 0 saturated carbocycles. The van der Waals surface area contributed by atoms with Gasteiger partial charge in [0.25, 0.3) is 0 Å². The first kappa shape index (κ1) is 13.9. The lowest BCUT2D eigenvalue weighted by Crippen LogP contribution is -1.90. The molecular weight excluding hydrogens is 316 g/mol. The minimum atomic E-state index is -0.439. The number of pyridine rings is 1. The Kier molecular flexibility index (Phi) is 3.53. The average molecular weight is 324 g/mol. The maximum absolute atomic E-state index is 13.0. The quantitative estimate of drug-likeness (QED) is 0.757. The second-order valence-electron chi connectivity index (χ2n) is 4.26. The molecule has 0 aliphatic rings. The SMILES string of the molecule is Nc1onc(-c2ccc(F)cn2)c1-c1ccc(Cl)c(Cl)c1. The van der Waals surface area contributed by atoms with Crippen molar-refractivity contribution in [1.29, 1.82) is 0 Å². The first-order chi connectivity index (χ1) is 10.1. The molecule has 0 amide bonds. The lowest BCUT2D eigenvalue weighted by Gasteiger charge is -2.04. The summed E-state index contributed by atoms with van der Waals surface area (Å²) in [6.45, 7) is 0. The monoisotopic (exact) mass is 323 g/mol. The average Bonchev–Trinajstić information content (AvgIpc) is 2.85. The maximum atomic E-state index is 13.0.